The van der Waals surface area contributed by atoms with Crippen LogP contribution in [0.4, 0.5) is 5.69 Å². The molecule has 1 N–H and O–H groups in total. The average Bonchev–Trinajstić information content (AvgIpc) is 2.47. The first-order valence-electron chi connectivity index (χ1n) is 7.21. The number of halogens is 1. The number of aryl methyl sites for hydroxylation is 1. The second-order valence-corrected chi connectivity index (χ2v) is 8.49. The highest BCUT2D eigenvalue weighted by atomic mass is 127. The van der Waals surface area contributed by atoms with Crippen LogP contribution in [0.2, 0.25) is 0 Å². The minimum atomic E-state index is -3.62. The number of benzene rings is 2. The monoisotopic (exact) mass is 445 g/mol. The fourth-order valence-corrected chi connectivity index (χ4v) is 3.98. The Morgan fingerprint density at radius 3 is 2.26 bits per heavy atom. The van der Waals surface area contributed by atoms with Gasteiger partial charge in [0.2, 0.25) is 0 Å². The third-order valence-corrected chi connectivity index (χ3v) is 5.75. The summed E-state index contributed by atoms with van der Waals surface area (Å²) >= 11 is 2.14. The molecule has 0 atom stereocenters. The molecule has 0 saturated heterocycles. The lowest BCUT2D eigenvalue weighted by Gasteiger charge is -2.17. The molecule has 2 aromatic rings. The summed E-state index contributed by atoms with van der Waals surface area (Å²) < 4.78 is 34.1. The molecule has 124 valence electrons. The molecule has 0 amide bonds. The summed E-state index contributed by atoms with van der Waals surface area (Å²) in [7, 11) is -2.01. The van der Waals surface area contributed by atoms with Gasteiger partial charge in [0.1, 0.15) is 5.75 Å². The highest BCUT2D eigenvalue weighted by Crippen LogP contribution is 2.34. The van der Waals surface area contributed by atoms with Crippen molar-refractivity contribution in [3.63, 3.8) is 0 Å². The van der Waals surface area contributed by atoms with Gasteiger partial charge in [-0.15, -0.1) is 0 Å². The van der Waals surface area contributed by atoms with E-state index in [9.17, 15) is 8.42 Å². The van der Waals surface area contributed by atoms with E-state index >= 15 is 0 Å². The van der Waals surface area contributed by atoms with Crippen LogP contribution in [0.1, 0.15) is 30.9 Å². The number of hydrogen-bond donors (Lipinski definition) is 1. The van der Waals surface area contributed by atoms with Crippen molar-refractivity contribution in [2.75, 3.05) is 11.8 Å². The van der Waals surface area contributed by atoms with E-state index < -0.39 is 10.0 Å². The van der Waals surface area contributed by atoms with Gasteiger partial charge >= 0.3 is 0 Å². The summed E-state index contributed by atoms with van der Waals surface area (Å²) in [6, 6.07) is 10.5. The van der Waals surface area contributed by atoms with Crippen LogP contribution < -0.4 is 9.46 Å². The Bertz CT molecular complexity index is 799. The van der Waals surface area contributed by atoms with Crippen LogP contribution in [0.15, 0.2) is 41.3 Å². The molecule has 0 bridgehead atoms. The van der Waals surface area contributed by atoms with Crippen LogP contribution in [0, 0.1) is 10.5 Å². The largest absolute Gasteiger partial charge is 0.496 e. The van der Waals surface area contributed by atoms with Crippen molar-refractivity contribution in [3.05, 3.63) is 51.1 Å². The van der Waals surface area contributed by atoms with Gasteiger partial charge in [0.05, 0.1) is 21.3 Å². The van der Waals surface area contributed by atoms with Crippen LogP contribution in [0.3, 0.4) is 0 Å². The summed E-state index contributed by atoms with van der Waals surface area (Å²) in [4.78, 5) is 0.253. The zero-order valence-corrected chi connectivity index (χ0v) is 16.5. The molecule has 0 saturated carbocycles. The highest BCUT2D eigenvalue weighted by molar-refractivity contribution is 14.1. The maximum atomic E-state index is 12.6. The summed E-state index contributed by atoms with van der Waals surface area (Å²) in [6.45, 7) is 5.96. The van der Waals surface area contributed by atoms with Crippen molar-refractivity contribution >= 4 is 38.3 Å². The molecule has 0 fully saturated rings. The normalized spacial score (nSPS) is 11.6. The maximum absolute atomic E-state index is 12.6. The lowest BCUT2D eigenvalue weighted by Crippen LogP contribution is -2.15. The molecule has 0 unspecified atom stereocenters. The Hall–Kier alpha value is -1.28. The molecule has 23 heavy (non-hydrogen) atoms. The summed E-state index contributed by atoms with van der Waals surface area (Å²) in [6.07, 6.45) is 0. The van der Waals surface area contributed by atoms with Gasteiger partial charge in [-0.1, -0.05) is 31.5 Å². The van der Waals surface area contributed by atoms with Crippen LogP contribution in [0.25, 0.3) is 0 Å². The van der Waals surface area contributed by atoms with Crippen molar-refractivity contribution in [2.45, 2.75) is 31.6 Å². The molecule has 0 aliphatic carbocycles. The van der Waals surface area contributed by atoms with E-state index in [2.05, 4.69) is 27.3 Å². The van der Waals surface area contributed by atoms with Gasteiger partial charge in [0.25, 0.3) is 10.0 Å². The Balaban J connectivity index is 2.46. The smallest absolute Gasteiger partial charge is 0.261 e. The van der Waals surface area contributed by atoms with Crippen molar-refractivity contribution in [3.8, 4) is 5.75 Å². The van der Waals surface area contributed by atoms with Gasteiger partial charge in [-0.2, -0.15) is 0 Å². The molecule has 2 aromatic carbocycles. The first-order chi connectivity index (χ1) is 10.7. The molecular formula is C17H20INO3S. The zero-order valence-electron chi connectivity index (χ0n) is 13.6. The number of methoxy groups -OCH3 is 1. The number of ether oxygens (including phenoxy) is 1. The fourth-order valence-electron chi connectivity index (χ4n) is 2.21. The van der Waals surface area contributed by atoms with Crippen LogP contribution in [-0.2, 0) is 10.0 Å². The van der Waals surface area contributed by atoms with E-state index in [0.29, 0.717) is 5.69 Å². The molecule has 2 rings (SSSR count). The number of rotatable bonds is 5. The Morgan fingerprint density at radius 1 is 1.13 bits per heavy atom. The SMILES string of the molecule is COc1cc(C(C)C)c(NS(=O)(=O)c2ccc(C)cc2)cc1I. The van der Waals surface area contributed by atoms with Crippen LogP contribution >= 0.6 is 22.6 Å². The van der Waals surface area contributed by atoms with E-state index in [1.807, 2.05) is 26.8 Å². The molecule has 0 aliphatic heterocycles. The third-order valence-electron chi connectivity index (χ3n) is 3.52. The predicted molar refractivity (Wildman–Crippen MR) is 102 cm³/mol. The van der Waals surface area contributed by atoms with E-state index in [-0.39, 0.29) is 10.8 Å². The zero-order chi connectivity index (χ0) is 17.2. The van der Waals surface area contributed by atoms with Gasteiger partial charge in [0.15, 0.2) is 0 Å². The predicted octanol–water partition coefficient (Wildman–Crippen LogP) is 4.53. The van der Waals surface area contributed by atoms with Gasteiger partial charge in [-0.3, -0.25) is 4.72 Å². The first-order valence-corrected chi connectivity index (χ1v) is 9.77. The number of nitrogens with one attached hydrogen (secondary N) is 1. The second-order valence-electron chi connectivity index (χ2n) is 5.65. The molecule has 6 heteroatoms. The minimum absolute atomic E-state index is 0.164. The van der Waals surface area contributed by atoms with E-state index in [1.165, 1.54) is 0 Å². The Morgan fingerprint density at radius 2 is 1.74 bits per heavy atom. The maximum Gasteiger partial charge on any atom is 0.261 e. The lowest BCUT2D eigenvalue weighted by molar-refractivity contribution is 0.411. The highest BCUT2D eigenvalue weighted by Gasteiger charge is 2.19. The van der Waals surface area contributed by atoms with Crippen molar-refractivity contribution in [2.24, 2.45) is 0 Å². The Kier molecular flexibility index (Phi) is 5.57. The Labute approximate surface area is 151 Å². The van der Waals surface area contributed by atoms with Gasteiger partial charge in [0, 0.05) is 0 Å². The van der Waals surface area contributed by atoms with Gasteiger partial charge < -0.3 is 4.74 Å². The summed E-state index contributed by atoms with van der Waals surface area (Å²) in [5, 5.41) is 0. The van der Waals surface area contributed by atoms with Crippen molar-refractivity contribution < 1.29 is 13.2 Å². The molecule has 4 nitrogen and oxygen atoms in total. The van der Waals surface area contributed by atoms with E-state index in [0.717, 1.165) is 20.4 Å². The number of hydrogen-bond acceptors (Lipinski definition) is 3. The second kappa shape index (κ2) is 7.09. The molecule has 0 radical (unpaired) electrons. The molecule has 0 heterocycles. The van der Waals surface area contributed by atoms with Crippen molar-refractivity contribution in [1.82, 2.24) is 0 Å². The summed E-state index contributed by atoms with van der Waals surface area (Å²) in [5.41, 5.74) is 2.51. The van der Waals surface area contributed by atoms with Crippen molar-refractivity contribution in [1.29, 1.82) is 0 Å². The molecule has 0 aromatic heterocycles. The standard InChI is InChI=1S/C17H20INO3S/c1-11(2)14-9-17(22-4)15(18)10-16(14)19-23(20,21)13-7-5-12(3)6-8-13/h5-11,19H,1-4H3. The fraction of sp³-hybridized carbons (Fsp3) is 0.294. The van der Waals surface area contributed by atoms with E-state index in [1.54, 1.807) is 37.4 Å². The van der Waals surface area contributed by atoms with Gasteiger partial charge in [-0.05, 0) is 65.3 Å². The number of anilines is 1. The topological polar surface area (TPSA) is 55.4 Å². The van der Waals surface area contributed by atoms with Crippen LogP contribution in [0.5, 0.6) is 5.75 Å². The first kappa shape index (κ1) is 18.1. The summed E-state index contributed by atoms with van der Waals surface area (Å²) in [5.74, 6) is 0.907. The number of sulfonamides is 1. The quantitative estimate of drug-likeness (QED) is 0.689. The average molecular weight is 445 g/mol. The molecule has 0 spiro atoms. The van der Waals surface area contributed by atoms with Crippen LogP contribution in [-0.4, -0.2) is 15.5 Å². The minimum Gasteiger partial charge on any atom is -0.496 e. The molecule has 0 aliphatic rings. The lowest BCUT2D eigenvalue weighted by atomic mass is 10.0. The third kappa shape index (κ3) is 4.17. The molecular weight excluding hydrogens is 425 g/mol. The van der Waals surface area contributed by atoms with E-state index in [4.69, 9.17) is 4.74 Å². The van der Waals surface area contributed by atoms with Gasteiger partial charge in [-0.25, -0.2) is 8.42 Å².